The third-order valence-electron chi connectivity index (χ3n) is 2.34. The number of nitrogens with zero attached hydrogens (tertiary/aromatic N) is 2. The molecule has 0 aliphatic carbocycles. The first-order valence-corrected chi connectivity index (χ1v) is 4.69. The van der Waals surface area contributed by atoms with Crippen molar-refractivity contribution in [1.29, 1.82) is 0 Å². The van der Waals surface area contributed by atoms with E-state index in [0.29, 0.717) is 12.5 Å². The first-order chi connectivity index (χ1) is 7.16. The minimum atomic E-state index is -0.228. The summed E-state index contributed by atoms with van der Waals surface area (Å²) in [7, 11) is 0. The average molecular weight is 205 g/mol. The van der Waals surface area contributed by atoms with Crippen molar-refractivity contribution in [2.75, 3.05) is 5.73 Å². The molecule has 0 saturated heterocycles. The molecule has 0 unspecified atom stereocenters. The Hall–Kier alpha value is -1.84. The summed E-state index contributed by atoms with van der Waals surface area (Å²) in [5.41, 5.74) is 7.70. The fourth-order valence-electron chi connectivity index (χ4n) is 1.46. The minimum absolute atomic E-state index is 0.228. The number of nitrogens with two attached hydrogens (primary N) is 1. The van der Waals surface area contributed by atoms with Gasteiger partial charge in [0.2, 0.25) is 5.95 Å². The zero-order chi connectivity index (χ0) is 10.8. The standard InChI is InChI=1S/C11H12FN3/c1-8-6-14-11(13)15(8)7-9-2-4-10(12)5-3-9/h2-6H,7H2,1H3,(H2,13,14). The Morgan fingerprint density at radius 1 is 1.33 bits per heavy atom. The molecule has 0 atom stereocenters. The normalized spacial score (nSPS) is 10.5. The number of imidazole rings is 1. The highest BCUT2D eigenvalue weighted by molar-refractivity contribution is 5.25. The van der Waals surface area contributed by atoms with Crippen LogP contribution in [0.15, 0.2) is 30.5 Å². The molecule has 0 amide bonds. The number of benzene rings is 1. The summed E-state index contributed by atoms with van der Waals surface area (Å²) in [5.74, 6) is 0.255. The van der Waals surface area contributed by atoms with Gasteiger partial charge in [-0.2, -0.15) is 0 Å². The lowest BCUT2D eigenvalue weighted by molar-refractivity contribution is 0.626. The summed E-state index contributed by atoms with van der Waals surface area (Å²) in [4.78, 5) is 4.00. The summed E-state index contributed by atoms with van der Waals surface area (Å²) >= 11 is 0. The van der Waals surface area contributed by atoms with E-state index in [0.717, 1.165) is 11.3 Å². The van der Waals surface area contributed by atoms with Crippen LogP contribution in [0.1, 0.15) is 11.3 Å². The summed E-state index contributed by atoms with van der Waals surface area (Å²) in [6.45, 7) is 2.56. The van der Waals surface area contributed by atoms with E-state index in [2.05, 4.69) is 4.98 Å². The van der Waals surface area contributed by atoms with Crippen LogP contribution in [0.3, 0.4) is 0 Å². The van der Waals surface area contributed by atoms with Crippen molar-refractivity contribution in [2.24, 2.45) is 0 Å². The molecule has 0 aliphatic heterocycles. The van der Waals surface area contributed by atoms with Gasteiger partial charge in [-0.15, -0.1) is 0 Å². The number of rotatable bonds is 2. The van der Waals surface area contributed by atoms with Crippen LogP contribution >= 0.6 is 0 Å². The van der Waals surface area contributed by atoms with E-state index in [-0.39, 0.29) is 5.82 Å². The van der Waals surface area contributed by atoms with Gasteiger partial charge >= 0.3 is 0 Å². The van der Waals surface area contributed by atoms with Gasteiger partial charge in [-0.05, 0) is 24.6 Å². The number of hydrogen-bond donors (Lipinski definition) is 1. The number of halogens is 1. The Balaban J connectivity index is 2.25. The fourth-order valence-corrected chi connectivity index (χ4v) is 1.46. The van der Waals surface area contributed by atoms with Crippen molar-refractivity contribution in [2.45, 2.75) is 13.5 Å². The van der Waals surface area contributed by atoms with Crippen molar-refractivity contribution in [1.82, 2.24) is 9.55 Å². The third kappa shape index (κ3) is 1.98. The highest BCUT2D eigenvalue weighted by atomic mass is 19.1. The summed E-state index contributed by atoms with van der Waals surface area (Å²) in [6, 6.07) is 6.37. The molecular weight excluding hydrogens is 193 g/mol. The number of hydrogen-bond acceptors (Lipinski definition) is 2. The molecule has 2 aromatic rings. The van der Waals surface area contributed by atoms with Gasteiger partial charge in [-0.3, -0.25) is 0 Å². The maximum absolute atomic E-state index is 12.7. The summed E-state index contributed by atoms with van der Waals surface area (Å²) in [5, 5.41) is 0. The quantitative estimate of drug-likeness (QED) is 0.814. The van der Waals surface area contributed by atoms with Gasteiger partial charge in [0.1, 0.15) is 5.82 Å². The van der Waals surface area contributed by atoms with Crippen molar-refractivity contribution in [3.63, 3.8) is 0 Å². The lowest BCUT2D eigenvalue weighted by Gasteiger charge is -2.07. The fraction of sp³-hybridized carbons (Fsp3) is 0.182. The van der Waals surface area contributed by atoms with E-state index in [4.69, 9.17) is 5.73 Å². The molecule has 1 aromatic heterocycles. The van der Waals surface area contributed by atoms with E-state index < -0.39 is 0 Å². The van der Waals surface area contributed by atoms with E-state index >= 15 is 0 Å². The first-order valence-electron chi connectivity index (χ1n) is 4.69. The second-order valence-corrected chi connectivity index (χ2v) is 3.47. The molecule has 3 nitrogen and oxygen atoms in total. The van der Waals surface area contributed by atoms with Crippen molar-refractivity contribution < 1.29 is 4.39 Å². The Bertz CT molecular complexity index is 440. The molecule has 78 valence electrons. The largest absolute Gasteiger partial charge is 0.369 e. The van der Waals surface area contributed by atoms with Crippen LogP contribution in [-0.4, -0.2) is 9.55 Å². The Morgan fingerprint density at radius 3 is 2.53 bits per heavy atom. The van der Waals surface area contributed by atoms with Crippen LogP contribution in [0, 0.1) is 12.7 Å². The van der Waals surface area contributed by atoms with Crippen LogP contribution in [0.5, 0.6) is 0 Å². The van der Waals surface area contributed by atoms with Crippen LogP contribution in [0.25, 0.3) is 0 Å². The van der Waals surface area contributed by atoms with Crippen LogP contribution in [0.2, 0.25) is 0 Å². The topological polar surface area (TPSA) is 43.8 Å². The summed E-state index contributed by atoms with van der Waals surface area (Å²) < 4.78 is 14.6. The number of nitrogen functional groups attached to an aromatic ring is 1. The van der Waals surface area contributed by atoms with Crippen LogP contribution in [-0.2, 0) is 6.54 Å². The highest BCUT2D eigenvalue weighted by Gasteiger charge is 2.03. The molecule has 0 aliphatic rings. The second kappa shape index (κ2) is 3.73. The Kier molecular flexibility index (Phi) is 2.41. The lowest BCUT2D eigenvalue weighted by Crippen LogP contribution is -2.06. The van der Waals surface area contributed by atoms with Gasteiger partial charge in [0.25, 0.3) is 0 Å². The van der Waals surface area contributed by atoms with Crippen molar-refractivity contribution in [3.8, 4) is 0 Å². The van der Waals surface area contributed by atoms with Gasteiger partial charge in [-0.25, -0.2) is 9.37 Å². The van der Waals surface area contributed by atoms with Gasteiger partial charge in [-0.1, -0.05) is 12.1 Å². The van der Waals surface area contributed by atoms with Gasteiger partial charge < -0.3 is 10.3 Å². The molecule has 0 bridgehead atoms. The van der Waals surface area contributed by atoms with Crippen molar-refractivity contribution >= 4 is 5.95 Å². The molecule has 1 aromatic carbocycles. The number of aryl methyl sites for hydroxylation is 1. The third-order valence-corrected chi connectivity index (χ3v) is 2.34. The lowest BCUT2D eigenvalue weighted by atomic mass is 10.2. The molecule has 0 spiro atoms. The first kappa shape index (κ1) is 9.71. The predicted molar refractivity (Wildman–Crippen MR) is 56.9 cm³/mol. The van der Waals surface area contributed by atoms with Crippen LogP contribution < -0.4 is 5.73 Å². The molecule has 0 saturated carbocycles. The Labute approximate surface area is 87.4 Å². The zero-order valence-corrected chi connectivity index (χ0v) is 8.44. The maximum atomic E-state index is 12.7. The number of aromatic nitrogens is 2. The molecule has 2 rings (SSSR count). The Morgan fingerprint density at radius 2 is 2.00 bits per heavy atom. The van der Waals surface area contributed by atoms with E-state index in [1.54, 1.807) is 18.3 Å². The molecule has 0 fully saturated rings. The van der Waals surface area contributed by atoms with Crippen molar-refractivity contribution in [3.05, 3.63) is 47.5 Å². The predicted octanol–water partition coefficient (Wildman–Crippen LogP) is 1.96. The van der Waals surface area contributed by atoms with Gasteiger partial charge in [0, 0.05) is 5.69 Å². The monoisotopic (exact) mass is 205 g/mol. The molecule has 15 heavy (non-hydrogen) atoms. The molecule has 2 N–H and O–H groups in total. The number of anilines is 1. The van der Waals surface area contributed by atoms with E-state index in [1.165, 1.54) is 12.1 Å². The smallest absolute Gasteiger partial charge is 0.200 e. The van der Waals surface area contributed by atoms with Gasteiger partial charge in [0.15, 0.2) is 0 Å². The highest BCUT2D eigenvalue weighted by Crippen LogP contribution is 2.11. The SMILES string of the molecule is Cc1cnc(N)n1Cc1ccc(F)cc1. The summed E-state index contributed by atoms with van der Waals surface area (Å²) in [6.07, 6.45) is 1.72. The van der Waals surface area contributed by atoms with Crippen LogP contribution in [0.4, 0.5) is 10.3 Å². The molecular formula is C11H12FN3. The molecule has 1 heterocycles. The molecule has 4 heteroatoms. The van der Waals surface area contributed by atoms with E-state index in [1.807, 2.05) is 11.5 Å². The van der Waals surface area contributed by atoms with E-state index in [9.17, 15) is 4.39 Å². The average Bonchev–Trinajstić information content (AvgIpc) is 2.53. The zero-order valence-electron chi connectivity index (χ0n) is 8.44. The second-order valence-electron chi connectivity index (χ2n) is 3.47. The van der Waals surface area contributed by atoms with Gasteiger partial charge in [0.05, 0.1) is 12.7 Å². The minimum Gasteiger partial charge on any atom is -0.369 e. The molecule has 0 radical (unpaired) electrons. The maximum Gasteiger partial charge on any atom is 0.200 e.